The molecule has 0 radical (unpaired) electrons. The fraction of sp³-hybridized carbons (Fsp3) is 0.0588. The van der Waals surface area contributed by atoms with E-state index in [9.17, 15) is 4.79 Å². The molecule has 0 aliphatic rings. The third-order valence-electron chi connectivity index (χ3n) is 3.23. The quantitative estimate of drug-likeness (QED) is 0.774. The summed E-state index contributed by atoms with van der Waals surface area (Å²) >= 11 is 0. The van der Waals surface area contributed by atoms with E-state index in [1.807, 2.05) is 12.1 Å². The van der Waals surface area contributed by atoms with Crippen molar-refractivity contribution < 1.29 is 14.6 Å². The molecule has 2 aromatic heterocycles. The summed E-state index contributed by atoms with van der Waals surface area (Å²) in [5.74, 6) is -0.868. The van der Waals surface area contributed by atoms with E-state index < -0.39 is 5.97 Å². The highest BCUT2D eigenvalue weighted by Gasteiger charge is 2.16. The van der Waals surface area contributed by atoms with Crippen molar-refractivity contribution in [2.24, 2.45) is 0 Å². The largest absolute Gasteiger partial charge is 0.476 e. The molecule has 3 rings (SSSR count). The van der Waals surface area contributed by atoms with Crippen LogP contribution in [0.15, 0.2) is 54.7 Å². The van der Waals surface area contributed by atoms with Gasteiger partial charge in [-0.05, 0) is 36.4 Å². The second-order valence-electron chi connectivity index (χ2n) is 4.85. The maximum absolute atomic E-state index is 11.2. The smallest absolute Gasteiger partial charge is 0.356 e. The number of hydrogen-bond acceptors (Lipinski definition) is 5. The summed E-state index contributed by atoms with van der Waals surface area (Å²) in [6.07, 6.45) is 1.65. The molecule has 0 aliphatic heterocycles. The molecule has 1 aromatic carbocycles. The third kappa shape index (κ3) is 3.23. The number of aromatic nitrogens is 3. The Balaban J connectivity index is 1.92. The van der Waals surface area contributed by atoms with Crippen molar-refractivity contribution in [3.63, 3.8) is 0 Å². The Hall–Kier alpha value is -3.66. The van der Waals surface area contributed by atoms with Crippen LogP contribution >= 0.6 is 0 Å². The molecule has 0 bridgehead atoms. The van der Waals surface area contributed by atoms with E-state index in [0.717, 1.165) is 0 Å². The molecule has 7 nitrogen and oxygen atoms in total. The Morgan fingerprint density at radius 3 is 2.67 bits per heavy atom. The second kappa shape index (κ2) is 6.62. The molecule has 2 heterocycles. The van der Waals surface area contributed by atoms with Gasteiger partial charge in [-0.3, -0.25) is 4.98 Å². The molecule has 0 saturated heterocycles. The van der Waals surface area contributed by atoms with Gasteiger partial charge >= 0.3 is 5.97 Å². The Morgan fingerprint density at radius 2 is 2.04 bits per heavy atom. The van der Waals surface area contributed by atoms with Crippen molar-refractivity contribution in [2.75, 3.05) is 0 Å². The van der Waals surface area contributed by atoms with E-state index in [4.69, 9.17) is 15.1 Å². The highest BCUT2D eigenvalue weighted by Crippen LogP contribution is 2.21. The second-order valence-corrected chi connectivity index (χ2v) is 4.85. The summed E-state index contributed by atoms with van der Waals surface area (Å²) in [5, 5.41) is 22.0. The summed E-state index contributed by atoms with van der Waals surface area (Å²) in [6.45, 7) is 0.182. The number of hydrogen-bond donors (Lipinski definition) is 1. The zero-order valence-corrected chi connectivity index (χ0v) is 12.5. The summed E-state index contributed by atoms with van der Waals surface area (Å²) in [7, 11) is 0. The van der Waals surface area contributed by atoms with Gasteiger partial charge < -0.3 is 9.84 Å². The first kappa shape index (κ1) is 15.2. The highest BCUT2D eigenvalue weighted by atomic mass is 16.5. The SMILES string of the molecule is N#Cc1ccc(-n2nc(C(=O)O)cc2OCc2ccccn2)cc1. The molecule has 3 aromatic rings. The summed E-state index contributed by atoms with van der Waals surface area (Å²) in [6, 6.07) is 15.4. The van der Waals surface area contributed by atoms with Crippen molar-refractivity contribution in [1.82, 2.24) is 14.8 Å². The Kier molecular flexibility index (Phi) is 4.21. The van der Waals surface area contributed by atoms with Gasteiger partial charge in [0.05, 0.1) is 23.0 Å². The van der Waals surface area contributed by atoms with E-state index in [2.05, 4.69) is 10.1 Å². The number of carbonyl (C=O) groups is 1. The van der Waals surface area contributed by atoms with Crippen LogP contribution in [-0.2, 0) is 6.61 Å². The van der Waals surface area contributed by atoms with E-state index in [-0.39, 0.29) is 18.2 Å². The average molecular weight is 320 g/mol. The molecular weight excluding hydrogens is 308 g/mol. The maximum atomic E-state index is 11.2. The van der Waals surface area contributed by atoms with Crippen molar-refractivity contribution in [3.8, 4) is 17.6 Å². The van der Waals surface area contributed by atoms with Gasteiger partial charge in [-0.25, -0.2) is 9.48 Å². The van der Waals surface area contributed by atoms with Gasteiger partial charge in [-0.1, -0.05) is 6.07 Å². The molecule has 0 unspecified atom stereocenters. The monoisotopic (exact) mass is 320 g/mol. The lowest BCUT2D eigenvalue weighted by Crippen LogP contribution is -2.05. The van der Waals surface area contributed by atoms with Crippen LogP contribution in [0, 0.1) is 11.3 Å². The predicted molar refractivity (Wildman–Crippen MR) is 83.8 cm³/mol. The number of carboxylic acids is 1. The molecule has 24 heavy (non-hydrogen) atoms. The van der Waals surface area contributed by atoms with Crippen molar-refractivity contribution in [3.05, 3.63) is 71.7 Å². The number of aromatic carboxylic acids is 1. The van der Waals surface area contributed by atoms with Crippen molar-refractivity contribution >= 4 is 5.97 Å². The normalized spacial score (nSPS) is 10.1. The van der Waals surface area contributed by atoms with Gasteiger partial charge in [0.25, 0.3) is 0 Å². The van der Waals surface area contributed by atoms with Gasteiger partial charge in [0.2, 0.25) is 5.88 Å². The molecule has 1 N–H and O–H groups in total. The number of ether oxygens (including phenoxy) is 1. The minimum absolute atomic E-state index is 0.129. The lowest BCUT2D eigenvalue weighted by atomic mass is 10.2. The Labute approximate surface area is 137 Å². The lowest BCUT2D eigenvalue weighted by molar-refractivity contribution is 0.0690. The Morgan fingerprint density at radius 1 is 1.25 bits per heavy atom. The fourth-order valence-electron chi connectivity index (χ4n) is 2.06. The van der Waals surface area contributed by atoms with Gasteiger partial charge in [-0.15, -0.1) is 0 Å². The summed E-state index contributed by atoms with van der Waals surface area (Å²) in [4.78, 5) is 15.3. The first-order valence-corrected chi connectivity index (χ1v) is 7.04. The fourth-order valence-corrected chi connectivity index (χ4v) is 2.06. The molecule has 0 spiro atoms. The molecule has 0 saturated carbocycles. The number of pyridine rings is 1. The van der Waals surface area contributed by atoms with Gasteiger partial charge in [0, 0.05) is 12.3 Å². The number of benzene rings is 1. The van der Waals surface area contributed by atoms with E-state index >= 15 is 0 Å². The van der Waals surface area contributed by atoms with Gasteiger partial charge in [0.1, 0.15) is 6.61 Å². The van der Waals surface area contributed by atoms with E-state index in [1.54, 1.807) is 42.6 Å². The molecule has 0 fully saturated rings. The highest BCUT2D eigenvalue weighted by molar-refractivity contribution is 5.85. The minimum Gasteiger partial charge on any atom is -0.476 e. The maximum Gasteiger partial charge on any atom is 0.356 e. The van der Waals surface area contributed by atoms with Crippen LogP contribution < -0.4 is 4.74 Å². The van der Waals surface area contributed by atoms with Crippen molar-refractivity contribution in [1.29, 1.82) is 5.26 Å². The van der Waals surface area contributed by atoms with Gasteiger partial charge in [0.15, 0.2) is 5.69 Å². The third-order valence-corrected chi connectivity index (χ3v) is 3.23. The average Bonchev–Trinajstić information content (AvgIpc) is 3.05. The number of nitriles is 1. The summed E-state index contributed by atoms with van der Waals surface area (Å²) < 4.78 is 7.06. The van der Waals surface area contributed by atoms with Gasteiger partial charge in [-0.2, -0.15) is 10.4 Å². The van der Waals surface area contributed by atoms with Crippen molar-refractivity contribution in [2.45, 2.75) is 6.61 Å². The van der Waals surface area contributed by atoms with E-state index in [1.165, 1.54) is 10.7 Å². The molecule has 0 atom stereocenters. The first-order valence-electron chi connectivity index (χ1n) is 7.04. The zero-order chi connectivity index (χ0) is 16.9. The molecule has 118 valence electrons. The molecular formula is C17H12N4O3. The predicted octanol–water partition coefficient (Wildman–Crippen LogP) is 2.42. The van der Waals surface area contributed by atoms with Crippen LogP contribution in [0.4, 0.5) is 0 Å². The standard InChI is InChI=1S/C17H12N4O3/c18-10-12-4-6-14(7-5-12)21-16(9-15(20-21)17(22)23)24-11-13-3-1-2-8-19-13/h1-9H,11H2,(H,22,23). The Bertz CT molecular complexity index is 896. The van der Waals surface area contributed by atoms with E-state index in [0.29, 0.717) is 16.9 Å². The topological polar surface area (TPSA) is 101 Å². The molecule has 0 amide bonds. The van der Waals surface area contributed by atoms with Crippen LogP contribution in [0.1, 0.15) is 21.7 Å². The number of carboxylic acid groups (broad SMARTS) is 1. The van der Waals surface area contributed by atoms with Crippen LogP contribution in [0.3, 0.4) is 0 Å². The minimum atomic E-state index is -1.15. The lowest BCUT2D eigenvalue weighted by Gasteiger charge is -2.08. The first-order chi connectivity index (χ1) is 11.7. The van der Waals surface area contributed by atoms with Crippen LogP contribution in [0.25, 0.3) is 5.69 Å². The van der Waals surface area contributed by atoms with Crippen LogP contribution in [-0.4, -0.2) is 25.8 Å². The number of nitrogens with zero attached hydrogens (tertiary/aromatic N) is 4. The van der Waals surface area contributed by atoms with Crippen LogP contribution in [0.2, 0.25) is 0 Å². The molecule has 7 heteroatoms. The number of rotatable bonds is 5. The summed E-state index contributed by atoms with van der Waals surface area (Å²) in [5.41, 5.74) is 1.68. The molecule has 0 aliphatic carbocycles. The van der Waals surface area contributed by atoms with Crippen LogP contribution in [0.5, 0.6) is 5.88 Å². The zero-order valence-electron chi connectivity index (χ0n) is 12.5.